The third kappa shape index (κ3) is 4.90. The number of carbonyl (C=O) groups is 1. The fourth-order valence-corrected chi connectivity index (χ4v) is 4.86. The normalized spacial score (nSPS) is 15.9. The lowest BCUT2D eigenvalue weighted by molar-refractivity contribution is -0.0127. The zero-order chi connectivity index (χ0) is 25.5. The number of phenols is 1. The van der Waals surface area contributed by atoms with Gasteiger partial charge in [-0.1, -0.05) is 19.9 Å². The summed E-state index contributed by atoms with van der Waals surface area (Å²) >= 11 is 0. The molecule has 184 valence electrons. The first-order valence-corrected chi connectivity index (χ1v) is 11.1. The number of cyclic esters (lactones) is 1. The Balaban J connectivity index is 1.78. The molecule has 0 fully saturated rings. The van der Waals surface area contributed by atoms with E-state index in [4.69, 9.17) is 10.5 Å². The Bertz CT molecular complexity index is 1290. The summed E-state index contributed by atoms with van der Waals surface area (Å²) in [5.41, 5.74) is 5.27. The number of aromatic hydroxyl groups is 1. The maximum atomic E-state index is 14.6. The van der Waals surface area contributed by atoms with Gasteiger partial charge in [0.25, 0.3) is 0 Å². The number of hydrogen-bond acceptors (Lipinski definition) is 5. The van der Waals surface area contributed by atoms with Crippen LogP contribution in [0.5, 0.6) is 5.75 Å². The summed E-state index contributed by atoms with van der Waals surface area (Å²) in [4.78, 5) is 11.8. The molecule has 8 heteroatoms. The zero-order valence-electron chi connectivity index (χ0n) is 19.3. The smallest absolute Gasteiger partial charge is 0.338 e. The molecule has 1 aliphatic heterocycles. The van der Waals surface area contributed by atoms with Crippen molar-refractivity contribution in [2.24, 2.45) is 5.73 Å². The van der Waals surface area contributed by atoms with Crippen LogP contribution < -0.4 is 5.73 Å². The first kappa shape index (κ1) is 24.8. The third-order valence-corrected chi connectivity index (χ3v) is 6.59. The molecule has 0 spiro atoms. The Labute approximate surface area is 201 Å². The van der Waals surface area contributed by atoms with Crippen molar-refractivity contribution in [3.63, 3.8) is 0 Å². The Morgan fingerprint density at radius 1 is 1.03 bits per heavy atom. The number of halogens is 3. The van der Waals surface area contributed by atoms with Crippen LogP contribution in [-0.2, 0) is 23.2 Å². The molecule has 3 aromatic carbocycles. The molecule has 2 atom stereocenters. The minimum atomic E-state index is -1.87. The highest BCUT2D eigenvalue weighted by molar-refractivity contribution is 5.93. The number of aliphatic hydroxyl groups is 1. The predicted molar refractivity (Wildman–Crippen MR) is 123 cm³/mol. The molecular formula is C27H26F3NO4. The van der Waals surface area contributed by atoms with Crippen molar-refractivity contribution in [2.45, 2.75) is 50.4 Å². The molecule has 0 amide bonds. The molecule has 1 heterocycles. The standard InChI is InChI=1S/C27H26F3NO4/c1-26(2,21-11-19(29)5-8-23(21)32)14-27(34,12-16-10-18(28)4-7-22(16)30)24(31)15-3-6-20-17(9-15)13-35-25(20)33/h3-11,24,32,34H,12-14,31H2,1-2H3. The number of esters is 1. The van der Waals surface area contributed by atoms with Gasteiger partial charge in [0.2, 0.25) is 0 Å². The van der Waals surface area contributed by atoms with E-state index < -0.39 is 40.5 Å². The number of ether oxygens (including phenoxy) is 1. The third-order valence-electron chi connectivity index (χ3n) is 6.59. The minimum absolute atomic E-state index is 0.0638. The van der Waals surface area contributed by atoms with Gasteiger partial charge in [0.15, 0.2) is 0 Å². The molecule has 4 N–H and O–H groups in total. The molecule has 35 heavy (non-hydrogen) atoms. The highest BCUT2D eigenvalue weighted by Crippen LogP contribution is 2.43. The number of fused-ring (bicyclic) bond motifs is 1. The van der Waals surface area contributed by atoms with Crippen LogP contribution >= 0.6 is 0 Å². The average molecular weight is 486 g/mol. The van der Waals surface area contributed by atoms with Crippen LogP contribution in [0.3, 0.4) is 0 Å². The summed E-state index contributed by atoms with van der Waals surface area (Å²) in [6.07, 6.45) is -0.496. The van der Waals surface area contributed by atoms with Crippen LogP contribution in [0.2, 0.25) is 0 Å². The molecule has 4 rings (SSSR count). The van der Waals surface area contributed by atoms with E-state index in [-0.39, 0.29) is 36.3 Å². The van der Waals surface area contributed by atoms with Crippen molar-refractivity contribution in [1.82, 2.24) is 0 Å². The minimum Gasteiger partial charge on any atom is -0.508 e. The van der Waals surface area contributed by atoms with Gasteiger partial charge in [-0.25, -0.2) is 18.0 Å². The van der Waals surface area contributed by atoms with Crippen LogP contribution in [0.15, 0.2) is 54.6 Å². The summed E-state index contributed by atoms with van der Waals surface area (Å²) in [5.74, 6) is -2.58. The second-order valence-electron chi connectivity index (χ2n) is 9.71. The fourth-order valence-electron chi connectivity index (χ4n) is 4.86. The van der Waals surface area contributed by atoms with E-state index in [9.17, 15) is 28.2 Å². The van der Waals surface area contributed by atoms with E-state index in [2.05, 4.69) is 0 Å². The predicted octanol–water partition coefficient (Wildman–Crippen LogP) is 4.82. The summed E-state index contributed by atoms with van der Waals surface area (Å²) in [6.45, 7) is 3.45. The Morgan fingerprint density at radius 2 is 1.71 bits per heavy atom. The van der Waals surface area contributed by atoms with Gasteiger partial charge in [-0.2, -0.15) is 0 Å². The fraction of sp³-hybridized carbons (Fsp3) is 0.296. The van der Waals surface area contributed by atoms with Crippen molar-refractivity contribution in [3.8, 4) is 5.75 Å². The molecule has 0 radical (unpaired) electrons. The van der Waals surface area contributed by atoms with E-state index in [1.165, 1.54) is 12.1 Å². The van der Waals surface area contributed by atoms with Crippen molar-refractivity contribution < 1.29 is 32.9 Å². The Hall–Kier alpha value is -3.36. The van der Waals surface area contributed by atoms with Gasteiger partial charge in [-0.3, -0.25) is 0 Å². The molecule has 0 aromatic heterocycles. The maximum absolute atomic E-state index is 14.6. The number of phenolic OH excluding ortho intramolecular Hbond substituents is 1. The molecule has 0 saturated carbocycles. The number of rotatable bonds is 7. The highest BCUT2D eigenvalue weighted by Gasteiger charge is 2.43. The number of nitrogens with two attached hydrogens (primary N) is 1. The summed E-state index contributed by atoms with van der Waals surface area (Å²) in [7, 11) is 0. The monoisotopic (exact) mass is 485 g/mol. The van der Waals surface area contributed by atoms with Gasteiger partial charge in [0, 0.05) is 17.5 Å². The summed E-state index contributed by atoms with van der Waals surface area (Å²) in [5, 5.41) is 22.4. The van der Waals surface area contributed by atoms with Gasteiger partial charge in [0.05, 0.1) is 17.2 Å². The first-order valence-electron chi connectivity index (χ1n) is 11.1. The van der Waals surface area contributed by atoms with E-state index >= 15 is 0 Å². The second-order valence-corrected chi connectivity index (χ2v) is 9.71. The van der Waals surface area contributed by atoms with Crippen molar-refractivity contribution >= 4 is 5.97 Å². The van der Waals surface area contributed by atoms with Crippen LogP contribution in [-0.4, -0.2) is 21.8 Å². The van der Waals surface area contributed by atoms with E-state index in [1.54, 1.807) is 32.0 Å². The molecule has 0 saturated heterocycles. The van der Waals surface area contributed by atoms with Gasteiger partial charge in [0.1, 0.15) is 29.8 Å². The highest BCUT2D eigenvalue weighted by atomic mass is 19.1. The molecule has 5 nitrogen and oxygen atoms in total. The Morgan fingerprint density at radius 3 is 2.46 bits per heavy atom. The number of carbonyl (C=O) groups excluding carboxylic acids is 1. The van der Waals surface area contributed by atoms with Gasteiger partial charge < -0.3 is 20.7 Å². The largest absolute Gasteiger partial charge is 0.508 e. The number of benzene rings is 3. The van der Waals surface area contributed by atoms with Crippen molar-refractivity contribution in [1.29, 1.82) is 0 Å². The van der Waals surface area contributed by atoms with Gasteiger partial charge in [-0.15, -0.1) is 0 Å². The topological polar surface area (TPSA) is 92.8 Å². The molecule has 2 unspecified atom stereocenters. The summed E-state index contributed by atoms with van der Waals surface area (Å²) in [6, 6.07) is 10.1. The van der Waals surface area contributed by atoms with Crippen molar-refractivity contribution in [2.75, 3.05) is 0 Å². The lowest BCUT2D eigenvalue weighted by Gasteiger charge is -2.41. The van der Waals surface area contributed by atoms with Crippen LogP contribution in [0.25, 0.3) is 0 Å². The van der Waals surface area contributed by atoms with Gasteiger partial charge in [-0.05, 0) is 71.5 Å². The lowest BCUT2D eigenvalue weighted by Crippen LogP contribution is -2.47. The van der Waals surface area contributed by atoms with E-state index in [0.717, 1.165) is 24.3 Å². The van der Waals surface area contributed by atoms with E-state index in [1.807, 2.05) is 0 Å². The number of hydrogen-bond donors (Lipinski definition) is 3. The molecule has 0 bridgehead atoms. The van der Waals surface area contributed by atoms with Gasteiger partial charge >= 0.3 is 5.97 Å². The first-order chi connectivity index (χ1) is 16.4. The maximum Gasteiger partial charge on any atom is 0.338 e. The molecule has 1 aliphatic rings. The zero-order valence-corrected chi connectivity index (χ0v) is 19.3. The second kappa shape index (κ2) is 9.02. The van der Waals surface area contributed by atoms with Crippen LogP contribution in [0, 0.1) is 17.5 Å². The summed E-state index contributed by atoms with van der Waals surface area (Å²) < 4.78 is 47.6. The SMILES string of the molecule is CC(C)(CC(O)(Cc1cc(F)ccc1F)C(N)c1ccc2c(c1)COC2=O)c1cc(F)ccc1O. The van der Waals surface area contributed by atoms with Crippen LogP contribution in [0.1, 0.15) is 58.9 Å². The van der Waals surface area contributed by atoms with Crippen molar-refractivity contribution in [3.05, 3.63) is 99.9 Å². The quantitative estimate of drug-likeness (QED) is 0.417. The Kier molecular flexibility index (Phi) is 6.38. The van der Waals surface area contributed by atoms with E-state index in [0.29, 0.717) is 16.7 Å². The molecule has 0 aliphatic carbocycles. The molecule has 3 aromatic rings. The lowest BCUT2D eigenvalue weighted by atomic mass is 9.69. The average Bonchev–Trinajstić information content (AvgIpc) is 3.17. The molecular weight excluding hydrogens is 459 g/mol. The van der Waals surface area contributed by atoms with Crippen LogP contribution in [0.4, 0.5) is 13.2 Å².